The van der Waals surface area contributed by atoms with Gasteiger partial charge in [0.2, 0.25) is 5.88 Å². The van der Waals surface area contributed by atoms with E-state index in [1.54, 1.807) is 20.4 Å². The van der Waals surface area contributed by atoms with Crippen LogP contribution in [0.3, 0.4) is 0 Å². The van der Waals surface area contributed by atoms with Gasteiger partial charge in [-0.25, -0.2) is 4.98 Å². The van der Waals surface area contributed by atoms with Gasteiger partial charge in [-0.3, -0.25) is 0 Å². The van der Waals surface area contributed by atoms with Gasteiger partial charge in [0, 0.05) is 22.9 Å². The van der Waals surface area contributed by atoms with E-state index in [0.717, 1.165) is 28.0 Å². The Labute approximate surface area is 131 Å². The van der Waals surface area contributed by atoms with Gasteiger partial charge < -0.3 is 14.6 Å². The lowest BCUT2D eigenvalue weighted by Gasteiger charge is -2.25. The molecular formula is C18H23NO3. The Morgan fingerprint density at radius 2 is 1.86 bits per heavy atom. The van der Waals surface area contributed by atoms with Gasteiger partial charge in [0.25, 0.3) is 0 Å². The van der Waals surface area contributed by atoms with Crippen LogP contribution < -0.4 is 9.47 Å². The Balaban J connectivity index is 2.73. The Morgan fingerprint density at radius 3 is 2.41 bits per heavy atom. The van der Waals surface area contributed by atoms with E-state index >= 15 is 0 Å². The third kappa shape index (κ3) is 3.07. The quantitative estimate of drug-likeness (QED) is 0.938. The third-order valence-electron chi connectivity index (χ3n) is 3.62. The molecule has 0 aliphatic heterocycles. The van der Waals surface area contributed by atoms with Crippen LogP contribution in [0.4, 0.5) is 0 Å². The van der Waals surface area contributed by atoms with E-state index in [-0.39, 0.29) is 12.0 Å². The molecule has 118 valence electrons. The summed E-state index contributed by atoms with van der Waals surface area (Å²) in [4.78, 5) is 4.25. The number of aromatic nitrogens is 1. The number of ether oxygens (including phenoxy) is 2. The van der Waals surface area contributed by atoms with Crippen LogP contribution in [-0.4, -0.2) is 24.3 Å². The zero-order valence-corrected chi connectivity index (χ0v) is 13.8. The van der Waals surface area contributed by atoms with Crippen molar-refractivity contribution in [3.63, 3.8) is 0 Å². The number of hydrogen-bond acceptors (Lipinski definition) is 4. The Morgan fingerprint density at radius 1 is 1.14 bits per heavy atom. The molecule has 0 fully saturated rings. The van der Waals surface area contributed by atoms with Gasteiger partial charge in [0.05, 0.1) is 20.8 Å². The first kappa shape index (κ1) is 16.3. The molecule has 0 aliphatic carbocycles. The summed E-state index contributed by atoms with van der Waals surface area (Å²) < 4.78 is 10.9. The van der Waals surface area contributed by atoms with E-state index in [4.69, 9.17) is 9.47 Å². The Hall–Kier alpha value is -2.07. The number of aliphatic hydroxyl groups is 1. The number of hydrogen-bond donors (Lipinski definition) is 1. The standard InChI is InChI=1S/C18H23NO3/c1-18(2,3)15-10-12(9-13(11-20)16(15)21-4)14-7-6-8-19-17(14)22-5/h6-10,20H,11H2,1-5H3. The van der Waals surface area contributed by atoms with Gasteiger partial charge in [-0.05, 0) is 35.2 Å². The monoisotopic (exact) mass is 301 g/mol. The normalized spacial score (nSPS) is 11.4. The highest BCUT2D eigenvalue weighted by Gasteiger charge is 2.23. The zero-order valence-electron chi connectivity index (χ0n) is 13.8. The number of methoxy groups -OCH3 is 2. The van der Waals surface area contributed by atoms with Crippen LogP contribution in [0.5, 0.6) is 11.6 Å². The van der Waals surface area contributed by atoms with Crippen molar-refractivity contribution < 1.29 is 14.6 Å². The van der Waals surface area contributed by atoms with Gasteiger partial charge >= 0.3 is 0 Å². The molecule has 0 atom stereocenters. The Kier molecular flexibility index (Phi) is 4.71. The fraction of sp³-hybridized carbons (Fsp3) is 0.389. The molecule has 4 heteroatoms. The van der Waals surface area contributed by atoms with Crippen LogP contribution in [0.1, 0.15) is 31.9 Å². The van der Waals surface area contributed by atoms with Crippen molar-refractivity contribution in [3.8, 4) is 22.8 Å². The van der Waals surface area contributed by atoms with Crippen molar-refractivity contribution in [2.24, 2.45) is 0 Å². The molecule has 0 amide bonds. The molecule has 1 heterocycles. The van der Waals surface area contributed by atoms with Crippen molar-refractivity contribution in [2.75, 3.05) is 14.2 Å². The lowest BCUT2D eigenvalue weighted by molar-refractivity contribution is 0.272. The fourth-order valence-corrected chi connectivity index (χ4v) is 2.53. The summed E-state index contributed by atoms with van der Waals surface area (Å²) in [6.45, 7) is 6.28. The summed E-state index contributed by atoms with van der Waals surface area (Å²) in [5.41, 5.74) is 3.55. The molecule has 0 bridgehead atoms. The molecule has 0 saturated heterocycles. The topological polar surface area (TPSA) is 51.6 Å². The molecule has 1 N–H and O–H groups in total. The first-order valence-electron chi connectivity index (χ1n) is 7.24. The average molecular weight is 301 g/mol. The van der Waals surface area contributed by atoms with Crippen molar-refractivity contribution >= 4 is 0 Å². The number of nitrogens with zero attached hydrogens (tertiary/aromatic N) is 1. The van der Waals surface area contributed by atoms with E-state index in [1.165, 1.54) is 0 Å². The summed E-state index contributed by atoms with van der Waals surface area (Å²) in [5, 5.41) is 9.71. The largest absolute Gasteiger partial charge is 0.496 e. The fourth-order valence-electron chi connectivity index (χ4n) is 2.53. The smallest absolute Gasteiger partial charge is 0.221 e. The number of rotatable bonds is 4. The SMILES string of the molecule is COc1ncccc1-c1cc(CO)c(OC)c(C(C)(C)C)c1. The first-order valence-corrected chi connectivity index (χ1v) is 7.24. The van der Waals surface area contributed by atoms with Crippen molar-refractivity contribution in [2.45, 2.75) is 32.8 Å². The molecular weight excluding hydrogens is 278 g/mol. The maximum Gasteiger partial charge on any atom is 0.221 e. The minimum atomic E-state index is -0.110. The predicted molar refractivity (Wildman–Crippen MR) is 87.4 cm³/mol. The maximum atomic E-state index is 9.71. The molecule has 1 aromatic heterocycles. The minimum absolute atomic E-state index is 0.0807. The molecule has 0 radical (unpaired) electrons. The lowest BCUT2D eigenvalue weighted by atomic mass is 9.83. The second-order valence-electron chi connectivity index (χ2n) is 6.18. The summed E-state index contributed by atoms with van der Waals surface area (Å²) in [5.74, 6) is 1.30. The van der Waals surface area contributed by atoms with E-state index in [1.807, 2.05) is 18.2 Å². The van der Waals surface area contributed by atoms with E-state index in [2.05, 4.69) is 31.8 Å². The first-order chi connectivity index (χ1) is 10.4. The molecule has 1 aromatic carbocycles. The second kappa shape index (κ2) is 6.36. The highest BCUT2D eigenvalue weighted by molar-refractivity contribution is 5.72. The number of benzene rings is 1. The van der Waals surface area contributed by atoms with Crippen molar-refractivity contribution in [1.29, 1.82) is 0 Å². The van der Waals surface area contributed by atoms with E-state index in [9.17, 15) is 5.11 Å². The zero-order chi connectivity index (χ0) is 16.3. The Bertz CT molecular complexity index is 660. The van der Waals surface area contributed by atoms with Gasteiger partial charge in [0.1, 0.15) is 5.75 Å². The molecule has 2 rings (SSSR count). The summed E-state index contributed by atoms with van der Waals surface area (Å²) >= 11 is 0. The van der Waals surface area contributed by atoms with Gasteiger partial charge in [0.15, 0.2) is 0 Å². The summed E-state index contributed by atoms with van der Waals surface area (Å²) in [6, 6.07) is 7.84. The summed E-state index contributed by atoms with van der Waals surface area (Å²) in [7, 11) is 3.24. The van der Waals surface area contributed by atoms with Gasteiger partial charge in [-0.15, -0.1) is 0 Å². The van der Waals surface area contributed by atoms with Crippen molar-refractivity contribution in [3.05, 3.63) is 41.6 Å². The average Bonchev–Trinajstić information content (AvgIpc) is 2.52. The molecule has 0 spiro atoms. The van der Waals surface area contributed by atoms with Gasteiger partial charge in [-0.1, -0.05) is 20.8 Å². The van der Waals surface area contributed by atoms with E-state index < -0.39 is 0 Å². The second-order valence-corrected chi connectivity index (χ2v) is 6.18. The number of aliphatic hydroxyl groups excluding tert-OH is 1. The van der Waals surface area contributed by atoms with Gasteiger partial charge in [-0.2, -0.15) is 0 Å². The predicted octanol–water partition coefficient (Wildman–Crippen LogP) is 3.56. The van der Waals surface area contributed by atoms with Crippen LogP contribution in [0.25, 0.3) is 11.1 Å². The van der Waals surface area contributed by atoms with Crippen LogP contribution in [0.2, 0.25) is 0 Å². The van der Waals surface area contributed by atoms with Crippen molar-refractivity contribution in [1.82, 2.24) is 4.98 Å². The van der Waals surface area contributed by atoms with Crippen LogP contribution in [-0.2, 0) is 12.0 Å². The van der Waals surface area contributed by atoms with Crippen LogP contribution in [0, 0.1) is 0 Å². The molecule has 0 aliphatic rings. The lowest BCUT2D eigenvalue weighted by Crippen LogP contribution is -2.14. The third-order valence-corrected chi connectivity index (χ3v) is 3.62. The molecule has 4 nitrogen and oxygen atoms in total. The molecule has 0 unspecified atom stereocenters. The summed E-state index contributed by atoms with van der Waals surface area (Å²) in [6.07, 6.45) is 1.70. The van der Waals surface area contributed by atoms with Crippen LogP contribution >= 0.6 is 0 Å². The minimum Gasteiger partial charge on any atom is -0.496 e. The molecule has 0 saturated carbocycles. The maximum absolute atomic E-state index is 9.71. The van der Waals surface area contributed by atoms with Crippen LogP contribution in [0.15, 0.2) is 30.5 Å². The highest BCUT2D eigenvalue weighted by atomic mass is 16.5. The molecule has 2 aromatic rings. The molecule has 22 heavy (non-hydrogen) atoms. The highest BCUT2D eigenvalue weighted by Crippen LogP contribution is 2.39. The van der Waals surface area contributed by atoms with E-state index in [0.29, 0.717) is 5.88 Å². The number of pyridine rings is 1.